The van der Waals surface area contributed by atoms with Gasteiger partial charge < -0.3 is 10.6 Å². The smallest absolute Gasteiger partial charge is 0.175 e. The topological polar surface area (TPSA) is 41.1 Å². The van der Waals surface area contributed by atoms with E-state index in [-0.39, 0.29) is 5.78 Å². The minimum atomic E-state index is 0.140. The lowest BCUT2D eigenvalue weighted by atomic mass is 10.1. The van der Waals surface area contributed by atoms with Gasteiger partial charge in [-0.1, -0.05) is 25.1 Å². The Labute approximate surface area is 124 Å². The Kier molecular flexibility index (Phi) is 4.85. The minimum absolute atomic E-state index is 0.140. The van der Waals surface area contributed by atoms with E-state index in [0.29, 0.717) is 11.5 Å². The first-order valence-corrected chi connectivity index (χ1v) is 6.86. The summed E-state index contributed by atoms with van der Waals surface area (Å²) in [4.78, 5) is 11.5. The first-order valence-electron chi connectivity index (χ1n) is 6.45. The highest BCUT2D eigenvalue weighted by molar-refractivity contribution is 7.80. The van der Waals surface area contributed by atoms with E-state index >= 15 is 0 Å². The van der Waals surface area contributed by atoms with Crippen LogP contribution in [0.5, 0.6) is 0 Å². The monoisotopic (exact) mass is 284 g/mol. The number of benzene rings is 2. The largest absolute Gasteiger partial charge is 0.332 e. The number of thiocarbonyl (C=S) groups is 1. The highest BCUT2D eigenvalue weighted by Crippen LogP contribution is 2.12. The zero-order valence-corrected chi connectivity index (χ0v) is 12.0. The van der Waals surface area contributed by atoms with E-state index in [9.17, 15) is 4.79 Å². The Bertz CT molecular complexity index is 594. The summed E-state index contributed by atoms with van der Waals surface area (Å²) in [5.74, 6) is 0.140. The van der Waals surface area contributed by atoms with E-state index < -0.39 is 0 Å². The number of ketones is 1. The third-order valence-corrected chi connectivity index (χ3v) is 3.02. The number of anilines is 2. The van der Waals surface area contributed by atoms with Crippen LogP contribution in [-0.4, -0.2) is 10.9 Å². The van der Waals surface area contributed by atoms with Crippen molar-refractivity contribution in [1.29, 1.82) is 0 Å². The summed E-state index contributed by atoms with van der Waals surface area (Å²) in [6, 6.07) is 17.0. The molecule has 2 N–H and O–H groups in total. The molecule has 0 bridgehead atoms. The third kappa shape index (κ3) is 3.90. The van der Waals surface area contributed by atoms with Crippen LogP contribution in [0.2, 0.25) is 0 Å². The number of hydrogen-bond donors (Lipinski definition) is 2. The van der Waals surface area contributed by atoms with Gasteiger partial charge >= 0.3 is 0 Å². The molecule has 0 saturated heterocycles. The van der Waals surface area contributed by atoms with E-state index in [4.69, 9.17) is 12.2 Å². The van der Waals surface area contributed by atoms with Gasteiger partial charge in [0.15, 0.2) is 10.9 Å². The average Bonchev–Trinajstić information content (AvgIpc) is 2.48. The van der Waals surface area contributed by atoms with Gasteiger partial charge in [-0.3, -0.25) is 4.79 Å². The van der Waals surface area contributed by atoms with Crippen LogP contribution < -0.4 is 10.6 Å². The van der Waals surface area contributed by atoms with Crippen LogP contribution in [0.1, 0.15) is 23.7 Å². The van der Waals surface area contributed by atoms with E-state index in [2.05, 4.69) is 10.6 Å². The molecule has 0 aliphatic carbocycles. The molecule has 0 unspecified atom stereocenters. The summed E-state index contributed by atoms with van der Waals surface area (Å²) < 4.78 is 0. The van der Waals surface area contributed by atoms with Gasteiger partial charge in [0.25, 0.3) is 0 Å². The lowest BCUT2D eigenvalue weighted by Gasteiger charge is -2.10. The van der Waals surface area contributed by atoms with Crippen LogP contribution >= 0.6 is 12.2 Å². The molecule has 0 saturated carbocycles. The first kappa shape index (κ1) is 14.2. The fourth-order valence-electron chi connectivity index (χ4n) is 1.76. The van der Waals surface area contributed by atoms with Gasteiger partial charge in [0, 0.05) is 23.4 Å². The molecule has 0 heterocycles. The van der Waals surface area contributed by atoms with Crippen LogP contribution in [0.4, 0.5) is 11.4 Å². The first-order chi connectivity index (χ1) is 9.69. The molecule has 0 spiro atoms. The predicted octanol–water partition coefficient (Wildman–Crippen LogP) is 4.09. The molecule has 4 heteroatoms. The van der Waals surface area contributed by atoms with Crippen LogP contribution in [0.15, 0.2) is 54.6 Å². The molecule has 2 aromatic carbocycles. The second-order valence-corrected chi connectivity index (χ2v) is 4.71. The van der Waals surface area contributed by atoms with E-state index in [1.165, 1.54) is 0 Å². The third-order valence-electron chi connectivity index (χ3n) is 2.82. The zero-order valence-electron chi connectivity index (χ0n) is 11.2. The summed E-state index contributed by atoms with van der Waals surface area (Å²) in [6.07, 6.45) is 0.515. The molecule has 0 fully saturated rings. The number of Topliss-reactive ketones (excluding diaryl/α,β-unsaturated/α-hetero) is 1. The van der Waals surface area contributed by atoms with Gasteiger partial charge in [-0.15, -0.1) is 0 Å². The molecule has 20 heavy (non-hydrogen) atoms. The quantitative estimate of drug-likeness (QED) is 0.655. The highest BCUT2D eigenvalue weighted by Gasteiger charge is 2.03. The molecule has 3 nitrogen and oxygen atoms in total. The maximum Gasteiger partial charge on any atom is 0.175 e. The molecule has 0 aliphatic heterocycles. The molecule has 0 atom stereocenters. The van der Waals surface area contributed by atoms with E-state index in [1.807, 2.05) is 49.4 Å². The number of rotatable bonds is 4. The van der Waals surface area contributed by atoms with Crippen LogP contribution in [0, 0.1) is 0 Å². The Morgan fingerprint density at radius 2 is 1.50 bits per heavy atom. The van der Waals surface area contributed by atoms with Crippen molar-refractivity contribution in [1.82, 2.24) is 0 Å². The Morgan fingerprint density at radius 1 is 0.950 bits per heavy atom. The molecule has 0 aromatic heterocycles. The molecular weight excluding hydrogens is 268 g/mol. The normalized spacial score (nSPS) is 9.85. The maximum atomic E-state index is 11.5. The highest BCUT2D eigenvalue weighted by atomic mass is 32.1. The number of nitrogens with one attached hydrogen (secondary N) is 2. The predicted molar refractivity (Wildman–Crippen MR) is 87.3 cm³/mol. The van der Waals surface area contributed by atoms with Crippen molar-refractivity contribution in [2.75, 3.05) is 10.6 Å². The Morgan fingerprint density at radius 3 is 2.05 bits per heavy atom. The van der Waals surface area contributed by atoms with Crippen molar-refractivity contribution < 1.29 is 4.79 Å². The maximum absolute atomic E-state index is 11.5. The lowest BCUT2D eigenvalue weighted by Crippen LogP contribution is -2.18. The van der Waals surface area contributed by atoms with Gasteiger partial charge in [-0.2, -0.15) is 0 Å². The number of hydrogen-bond acceptors (Lipinski definition) is 2. The van der Waals surface area contributed by atoms with Gasteiger partial charge in [-0.05, 0) is 48.6 Å². The summed E-state index contributed by atoms with van der Waals surface area (Å²) in [5, 5.41) is 6.70. The van der Waals surface area contributed by atoms with E-state index in [1.54, 1.807) is 12.1 Å². The summed E-state index contributed by atoms with van der Waals surface area (Å²) in [6.45, 7) is 1.85. The van der Waals surface area contributed by atoms with Crippen LogP contribution in [0.25, 0.3) is 0 Å². The zero-order chi connectivity index (χ0) is 14.4. The van der Waals surface area contributed by atoms with Crippen molar-refractivity contribution >= 4 is 34.5 Å². The van der Waals surface area contributed by atoms with Crippen molar-refractivity contribution in [2.45, 2.75) is 13.3 Å². The molecule has 0 amide bonds. The molecular formula is C16H16N2OS. The second-order valence-electron chi connectivity index (χ2n) is 4.30. The van der Waals surface area contributed by atoms with Gasteiger partial charge in [0.05, 0.1) is 0 Å². The minimum Gasteiger partial charge on any atom is -0.332 e. The Hall–Kier alpha value is -2.20. The molecule has 2 rings (SSSR count). The Balaban J connectivity index is 1.96. The van der Waals surface area contributed by atoms with E-state index in [0.717, 1.165) is 16.9 Å². The molecule has 0 radical (unpaired) electrons. The fourth-order valence-corrected chi connectivity index (χ4v) is 1.99. The summed E-state index contributed by atoms with van der Waals surface area (Å²) in [5.41, 5.74) is 2.51. The molecule has 0 aliphatic rings. The number of para-hydroxylation sites is 1. The average molecular weight is 284 g/mol. The summed E-state index contributed by atoms with van der Waals surface area (Å²) >= 11 is 5.24. The lowest BCUT2D eigenvalue weighted by molar-refractivity contribution is 0.0988. The molecule has 102 valence electrons. The van der Waals surface area contributed by atoms with Gasteiger partial charge in [-0.25, -0.2) is 0 Å². The van der Waals surface area contributed by atoms with Crippen molar-refractivity contribution in [2.24, 2.45) is 0 Å². The van der Waals surface area contributed by atoms with Crippen molar-refractivity contribution in [3.8, 4) is 0 Å². The number of carbonyl (C=O) groups excluding carboxylic acids is 1. The van der Waals surface area contributed by atoms with Crippen LogP contribution in [-0.2, 0) is 0 Å². The number of carbonyl (C=O) groups is 1. The van der Waals surface area contributed by atoms with Crippen LogP contribution in [0.3, 0.4) is 0 Å². The SMILES string of the molecule is CCC(=O)c1ccc(NC(=S)Nc2ccccc2)cc1. The molecule has 2 aromatic rings. The fraction of sp³-hybridized carbons (Fsp3) is 0.125. The van der Waals surface area contributed by atoms with Crippen molar-refractivity contribution in [3.63, 3.8) is 0 Å². The summed E-state index contributed by atoms with van der Waals surface area (Å²) in [7, 11) is 0. The second kappa shape index (κ2) is 6.82. The standard InChI is InChI=1S/C16H16N2OS/c1-2-15(19)12-8-10-14(11-9-12)18-16(20)17-13-6-4-3-5-7-13/h3-11H,2H2,1H3,(H2,17,18,20). The van der Waals surface area contributed by atoms with Gasteiger partial charge in [0.2, 0.25) is 0 Å². The van der Waals surface area contributed by atoms with Gasteiger partial charge in [0.1, 0.15) is 0 Å². The van der Waals surface area contributed by atoms with Crippen molar-refractivity contribution in [3.05, 3.63) is 60.2 Å².